The smallest absolute Gasteiger partial charge is 0.204 e. The lowest BCUT2D eigenvalue weighted by atomic mass is 9.95. The van der Waals surface area contributed by atoms with Crippen molar-refractivity contribution in [2.75, 3.05) is 33.0 Å². The maximum atomic E-state index is 10.6. The molecule has 0 unspecified atom stereocenters. The summed E-state index contributed by atoms with van der Waals surface area (Å²) in [5.74, 6) is 3.54. The Kier molecular flexibility index (Phi) is 25.1. The summed E-state index contributed by atoms with van der Waals surface area (Å²) in [6.45, 7) is 14.3. The fourth-order valence-corrected chi connectivity index (χ4v) is 7.35. The zero-order valence-corrected chi connectivity index (χ0v) is 36.5. The lowest BCUT2D eigenvalue weighted by Crippen LogP contribution is -2.07. The third kappa shape index (κ3) is 16.6. The maximum absolute atomic E-state index is 10.6. The summed E-state index contributed by atoms with van der Waals surface area (Å²) in [7, 11) is 0. The molecule has 3 rings (SSSR count). The summed E-state index contributed by atoms with van der Waals surface area (Å²) >= 11 is 0. The van der Waals surface area contributed by atoms with Gasteiger partial charge in [-0.3, -0.25) is 0 Å². The first-order chi connectivity index (χ1) is 27.6. The van der Waals surface area contributed by atoms with E-state index in [-0.39, 0.29) is 0 Å². The summed E-state index contributed by atoms with van der Waals surface area (Å²) in [5, 5.41) is 14.3. The van der Waals surface area contributed by atoms with Gasteiger partial charge in [0.1, 0.15) is 0 Å². The Morgan fingerprint density at radius 1 is 0.339 bits per heavy atom. The SMILES string of the molecule is CCCCCCCOc1cc2c(C#N)cc3c(OCCCCCCC)c(OCCCCCCC)c(OCCCCCCC)cc3c2cc1OCCCCCCC. The van der Waals surface area contributed by atoms with Crippen molar-refractivity contribution in [3.63, 3.8) is 0 Å². The third-order valence-corrected chi connectivity index (χ3v) is 10.8. The highest BCUT2D eigenvalue weighted by molar-refractivity contribution is 6.14. The monoisotopic (exact) mass is 774 g/mol. The van der Waals surface area contributed by atoms with Crippen molar-refractivity contribution >= 4 is 21.5 Å². The molecule has 0 bridgehead atoms. The van der Waals surface area contributed by atoms with E-state index in [4.69, 9.17) is 23.7 Å². The van der Waals surface area contributed by atoms with E-state index in [2.05, 4.69) is 52.8 Å². The van der Waals surface area contributed by atoms with Crippen LogP contribution in [0.15, 0.2) is 24.3 Å². The van der Waals surface area contributed by atoms with Gasteiger partial charge in [-0.25, -0.2) is 0 Å². The first-order valence-electron chi connectivity index (χ1n) is 23.3. The van der Waals surface area contributed by atoms with Gasteiger partial charge in [0.05, 0.1) is 44.7 Å². The Balaban J connectivity index is 2.14. The van der Waals surface area contributed by atoms with Crippen molar-refractivity contribution in [1.82, 2.24) is 0 Å². The van der Waals surface area contributed by atoms with E-state index in [1.54, 1.807) is 0 Å². The van der Waals surface area contributed by atoms with Crippen molar-refractivity contribution in [1.29, 1.82) is 5.26 Å². The van der Waals surface area contributed by atoms with Crippen molar-refractivity contribution in [2.24, 2.45) is 0 Å². The van der Waals surface area contributed by atoms with Crippen molar-refractivity contribution in [2.45, 2.75) is 195 Å². The zero-order valence-electron chi connectivity index (χ0n) is 36.5. The number of hydrogen-bond acceptors (Lipinski definition) is 6. The Bertz CT molecular complexity index is 1530. The highest BCUT2D eigenvalue weighted by Crippen LogP contribution is 2.48. The van der Waals surface area contributed by atoms with Crippen LogP contribution in [-0.4, -0.2) is 33.0 Å². The Morgan fingerprint density at radius 3 is 1.07 bits per heavy atom. The second kappa shape index (κ2) is 29.8. The average molecular weight is 774 g/mol. The lowest BCUT2D eigenvalue weighted by molar-refractivity contribution is 0.236. The normalized spacial score (nSPS) is 11.3. The van der Waals surface area contributed by atoms with Crippen LogP contribution in [0.1, 0.15) is 201 Å². The van der Waals surface area contributed by atoms with Crippen LogP contribution in [0.2, 0.25) is 0 Å². The number of ether oxygens (including phenoxy) is 5. The molecule has 0 atom stereocenters. The van der Waals surface area contributed by atoms with E-state index in [1.807, 2.05) is 12.1 Å². The molecule has 0 amide bonds. The second-order valence-corrected chi connectivity index (χ2v) is 15.8. The van der Waals surface area contributed by atoms with E-state index in [0.29, 0.717) is 55.8 Å². The molecular formula is C50H79NO5. The maximum Gasteiger partial charge on any atom is 0.204 e. The molecule has 0 spiro atoms. The molecule has 0 aromatic heterocycles. The standard InChI is InChI=1S/C50H79NO5/c1-6-11-16-21-26-31-52-46-37-42-41(40-51)36-45-44(43(42)38-47(46)53-32-27-22-17-12-7-2)39-48(54-33-28-23-18-13-8-3)50(56-35-30-25-20-15-10-5)49(45)55-34-29-24-19-14-9-4/h36-39H,6-35H2,1-5H3. The van der Waals surface area contributed by atoms with E-state index >= 15 is 0 Å². The molecular weight excluding hydrogens is 695 g/mol. The Hall–Kier alpha value is -3.33. The fraction of sp³-hybridized carbons (Fsp3) is 0.700. The molecule has 56 heavy (non-hydrogen) atoms. The minimum atomic E-state index is 0.587. The van der Waals surface area contributed by atoms with Gasteiger partial charge in [-0.15, -0.1) is 0 Å². The van der Waals surface area contributed by atoms with Gasteiger partial charge in [0.2, 0.25) is 5.75 Å². The van der Waals surface area contributed by atoms with Gasteiger partial charge in [-0.1, -0.05) is 163 Å². The molecule has 6 nitrogen and oxygen atoms in total. The van der Waals surface area contributed by atoms with Crippen molar-refractivity contribution < 1.29 is 23.7 Å². The highest BCUT2D eigenvalue weighted by Gasteiger charge is 2.23. The van der Waals surface area contributed by atoms with Crippen LogP contribution < -0.4 is 23.7 Å². The number of nitriles is 1. The van der Waals surface area contributed by atoms with Gasteiger partial charge < -0.3 is 23.7 Å². The van der Waals surface area contributed by atoms with Crippen LogP contribution >= 0.6 is 0 Å². The number of hydrogen-bond donors (Lipinski definition) is 0. The Morgan fingerprint density at radius 2 is 0.661 bits per heavy atom. The molecule has 0 radical (unpaired) electrons. The summed E-state index contributed by atoms with van der Waals surface area (Å²) in [6, 6.07) is 10.8. The van der Waals surface area contributed by atoms with E-state index in [9.17, 15) is 5.26 Å². The van der Waals surface area contributed by atoms with Crippen LogP contribution in [0, 0.1) is 11.3 Å². The average Bonchev–Trinajstić information content (AvgIpc) is 3.21. The van der Waals surface area contributed by atoms with E-state index in [1.165, 1.54) is 96.3 Å². The van der Waals surface area contributed by atoms with Crippen molar-refractivity contribution in [3.8, 4) is 34.8 Å². The molecule has 0 N–H and O–H groups in total. The lowest BCUT2D eigenvalue weighted by Gasteiger charge is -2.21. The largest absolute Gasteiger partial charge is 0.490 e. The molecule has 0 fully saturated rings. The fourth-order valence-electron chi connectivity index (χ4n) is 7.35. The molecule has 314 valence electrons. The predicted octanol–water partition coefficient (Wildman–Crippen LogP) is 15.6. The van der Waals surface area contributed by atoms with Gasteiger partial charge >= 0.3 is 0 Å². The summed E-state index contributed by atoms with van der Waals surface area (Å²) in [5.41, 5.74) is 0.592. The summed E-state index contributed by atoms with van der Waals surface area (Å²) < 4.78 is 33.1. The van der Waals surface area contributed by atoms with Crippen LogP contribution in [0.5, 0.6) is 28.7 Å². The first kappa shape index (κ1) is 47.0. The molecule has 3 aromatic carbocycles. The summed E-state index contributed by atoms with van der Waals surface area (Å²) in [4.78, 5) is 0. The molecule has 0 aliphatic carbocycles. The molecule has 6 heteroatoms. The van der Waals surface area contributed by atoms with E-state index in [0.717, 1.165) is 97.3 Å². The minimum absolute atomic E-state index is 0.587. The number of rotatable bonds is 35. The first-order valence-corrected chi connectivity index (χ1v) is 23.3. The molecule has 0 saturated carbocycles. The second-order valence-electron chi connectivity index (χ2n) is 15.8. The molecule has 0 aliphatic rings. The van der Waals surface area contributed by atoms with Crippen LogP contribution in [0.25, 0.3) is 21.5 Å². The number of unbranched alkanes of at least 4 members (excludes halogenated alkanes) is 20. The molecule has 0 heterocycles. The van der Waals surface area contributed by atoms with Crippen LogP contribution in [0.3, 0.4) is 0 Å². The topological polar surface area (TPSA) is 69.9 Å². The number of fused-ring (bicyclic) bond motifs is 3. The van der Waals surface area contributed by atoms with Gasteiger partial charge in [-0.2, -0.15) is 5.26 Å². The third-order valence-electron chi connectivity index (χ3n) is 10.8. The van der Waals surface area contributed by atoms with Crippen LogP contribution in [-0.2, 0) is 0 Å². The predicted molar refractivity (Wildman–Crippen MR) is 237 cm³/mol. The molecule has 3 aromatic rings. The van der Waals surface area contributed by atoms with E-state index < -0.39 is 0 Å². The van der Waals surface area contributed by atoms with Gasteiger partial charge in [0, 0.05) is 10.8 Å². The van der Waals surface area contributed by atoms with Gasteiger partial charge in [0.15, 0.2) is 23.0 Å². The minimum Gasteiger partial charge on any atom is -0.490 e. The number of nitrogens with zero attached hydrogens (tertiary/aromatic N) is 1. The molecule has 0 saturated heterocycles. The quantitative estimate of drug-likeness (QED) is 0.0438. The van der Waals surface area contributed by atoms with Crippen molar-refractivity contribution in [3.05, 3.63) is 29.8 Å². The van der Waals surface area contributed by atoms with Gasteiger partial charge in [0.25, 0.3) is 0 Å². The molecule has 0 aliphatic heterocycles. The zero-order chi connectivity index (χ0) is 40.1. The van der Waals surface area contributed by atoms with Crippen LogP contribution in [0.4, 0.5) is 0 Å². The van der Waals surface area contributed by atoms with Gasteiger partial charge in [-0.05, 0) is 67.1 Å². The number of benzene rings is 3. The summed E-state index contributed by atoms with van der Waals surface area (Å²) in [6.07, 6.45) is 29.0. The highest BCUT2D eigenvalue weighted by atomic mass is 16.5. The Labute approximate surface area is 342 Å².